The molecule has 0 heterocycles. The molecule has 0 aromatic heterocycles. The highest BCUT2D eigenvalue weighted by Gasteiger charge is 2.18. The minimum atomic E-state index is -3.15. The Balaban J connectivity index is 0. The maximum Gasteiger partial charge on any atom is 0.222 e. The fourth-order valence-electron chi connectivity index (χ4n) is 0.681. The largest absolute Gasteiger partial charge is 0.344 e. The zero-order valence-electron chi connectivity index (χ0n) is 6.91. The van der Waals surface area contributed by atoms with Gasteiger partial charge in [0.1, 0.15) is 0 Å². The zero-order valence-corrected chi connectivity index (χ0v) is 10.1. The second-order valence-electron chi connectivity index (χ2n) is 2.44. The predicted molar refractivity (Wildman–Crippen MR) is 57.6 cm³/mol. The minimum absolute atomic E-state index is 0. The van der Waals surface area contributed by atoms with Crippen LogP contribution in [-0.4, -0.2) is 28.3 Å². The first kappa shape index (κ1) is 16.2. The van der Waals surface area contributed by atoms with Crippen molar-refractivity contribution in [3.63, 3.8) is 0 Å². The fourth-order valence-corrected chi connectivity index (χ4v) is 2.66. The van der Waals surface area contributed by atoms with Crippen molar-refractivity contribution < 1.29 is 14.3 Å². The van der Waals surface area contributed by atoms with Gasteiger partial charge in [0.15, 0.2) is 0 Å². The molecule has 0 aliphatic carbocycles. The summed E-state index contributed by atoms with van der Waals surface area (Å²) in [6.45, 7) is 0. The molecule has 0 saturated carbocycles. The van der Waals surface area contributed by atoms with Gasteiger partial charge < -0.3 is 4.89 Å². The normalized spacial score (nSPS) is 14.4. The minimum Gasteiger partial charge on any atom is -0.344 e. The van der Waals surface area contributed by atoms with Crippen LogP contribution in [0.15, 0.2) is 0 Å². The molecule has 0 bridgehead atoms. The second kappa shape index (κ2) is 8.07. The van der Waals surface area contributed by atoms with Gasteiger partial charge in [0.05, 0.1) is 0 Å². The van der Waals surface area contributed by atoms with Crippen LogP contribution in [0.2, 0.25) is 0 Å². The highest BCUT2D eigenvalue weighted by molar-refractivity contribution is 7.58. The van der Waals surface area contributed by atoms with E-state index in [2.05, 4.69) is 0 Å². The van der Waals surface area contributed by atoms with E-state index < -0.39 is 12.6 Å². The van der Waals surface area contributed by atoms with Crippen LogP contribution in [-0.2, 0) is 9.36 Å². The third kappa shape index (κ3) is 10.7. The third-order valence-electron chi connectivity index (χ3n) is 1.30. The Morgan fingerprint density at radius 2 is 1.92 bits per heavy atom. The highest BCUT2D eigenvalue weighted by Crippen LogP contribution is 2.41. The van der Waals surface area contributed by atoms with Crippen LogP contribution in [0.4, 0.5) is 0 Å². The van der Waals surface area contributed by atoms with Gasteiger partial charge >= 0.3 is 0 Å². The lowest BCUT2D eigenvalue weighted by Crippen LogP contribution is -1.98. The van der Waals surface area contributed by atoms with E-state index in [1.165, 1.54) is 0 Å². The van der Waals surface area contributed by atoms with Crippen LogP contribution in [0.5, 0.6) is 0 Å². The number of hydrogen-bond acceptors (Lipinski definition) is 2. The van der Waals surface area contributed by atoms with Crippen LogP contribution in [0, 0.1) is 0 Å². The number of rotatable bonds is 6. The molecule has 1 atom stereocenters. The van der Waals surface area contributed by atoms with E-state index in [1.54, 1.807) is 0 Å². The summed E-state index contributed by atoms with van der Waals surface area (Å²) < 4.78 is 11.2. The Kier molecular flexibility index (Phi) is 10.0. The van der Waals surface area contributed by atoms with Gasteiger partial charge in [-0.05, 0) is 18.0 Å². The third-order valence-corrected chi connectivity index (χ3v) is 3.69. The molecule has 13 heavy (non-hydrogen) atoms. The van der Waals surface area contributed by atoms with Crippen molar-refractivity contribution in [2.24, 2.45) is 0 Å². The lowest BCUT2D eigenvalue weighted by atomic mass is 10.5. The summed E-state index contributed by atoms with van der Waals surface area (Å²) in [5.74, 6) is 0.360. The molecule has 0 aromatic carbocycles. The Morgan fingerprint density at radius 3 is 2.31 bits per heavy atom. The number of hydrogen-bond donors (Lipinski definition) is 1. The second-order valence-corrected chi connectivity index (χ2v) is 5.83. The summed E-state index contributed by atoms with van der Waals surface area (Å²) in [4.78, 5) is 19.5. The van der Waals surface area contributed by atoms with Gasteiger partial charge in [-0.1, -0.05) is 0 Å². The van der Waals surface area contributed by atoms with E-state index in [0.29, 0.717) is 12.3 Å². The van der Waals surface area contributed by atoms with Crippen LogP contribution < -0.4 is 0 Å². The van der Waals surface area contributed by atoms with Crippen molar-refractivity contribution in [2.45, 2.75) is 12.8 Å². The molecule has 0 amide bonds. The van der Waals surface area contributed by atoms with Crippen molar-refractivity contribution in [2.75, 3.05) is 18.2 Å². The molecule has 80 valence electrons. The lowest BCUT2D eigenvalue weighted by Gasteiger charge is -2.08. The van der Waals surface area contributed by atoms with Crippen LogP contribution in [0.25, 0.3) is 0 Å². The number of carbonyl (C=O) groups is 1. The summed E-state index contributed by atoms with van der Waals surface area (Å²) in [6, 6.07) is 0. The number of carbonyl (C=O) groups excluding carboxylic acids is 1. The molecule has 0 rings (SSSR count). The van der Waals surface area contributed by atoms with Crippen molar-refractivity contribution in [3.8, 4) is 0 Å². The summed E-state index contributed by atoms with van der Waals surface area (Å²) in [5.41, 5.74) is 0. The molecule has 0 aromatic rings. The molecule has 1 unspecified atom stereocenters. The highest BCUT2D eigenvalue weighted by atomic mass is 35.5. The maximum atomic E-state index is 11.2. The molecule has 7 heteroatoms. The lowest BCUT2D eigenvalue weighted by molar-refractivity contribution is -0.111. The molecule has 0 fully saturated rings. The zero-order chi connectivity index (χ0) is 9.61. The smallest absolute Gasteiger partial charge is 0.222 e. The Hall–Kier alpha value is 0.730. The molecular formula is C6H12Cl3O3P. The first-order valence-corrected chi connectivity index (χ1v) is 6.47. The van der Waals surface area contributed by atoms with Crippen LogP contribution in [0.1, 0.15) is 12.8 Å². The molecule has 0 aliphatic rings. The summed E-state index contributed by atoms with van der Waals surface area (Å²) >= 11 is 10.4. The molecule has 0 radical (unpaired) electrons. The van der Waals surface area contributed by atoms with Gasteiger partial charge in [0.25, 0.3) is 0 Å². The quantitative estimate of drug-likeness (QED) is 0.458. The summed E-state index contributed by atoms with van der Waals surface area (Å²) in [7, 11) is -3.15. The maximum absolute atomic E-state index is 11.2. The summed E-state index contributed by atoms with van der Waals surface area (Å²) in [5, 5.41) is -0.574. The van der Waals surface area contributed by atoms with E-state index >= 15 is 0 Å². The molecule has 0 saturated heterocycles. The molecule has 3 nitrogen and oxygen atoms in total. The Morgan fingerprint density at radius 1 is 1.38 bits per heavy atom. The van der Waals surface area contributed by atoms with Gasteiger partial charge in [0, 0.05) is 24.6 Å². The topological polar surface area (TPSA) is 54.4 Å². The van der Waals surface area contributed by atoms with E-state index in [-0.39, 0.29) is 31.2 Å². The SMILES string of the molecule is Cl.O=C(Cl)CCP(=O)(O)CCCCl. The number of alkyl halides is 1. The molecule has 1 N–H and O–H groups in total. The van der Waals surface area contributed by atoms with E-state index in [1.807, 2.05) is 0 Å². The van der Waals surface area contributed by atoms with E-state index in [0.717, 1.165) is 0 Å². The molecule has 0 spiro atoms. The van der Waals surface area contributed by atoms with Crippen LogP contribution >= 0.6 is 43.0 Å². The fraction of sp³-hybridized carbons (Fsp3) is 0.833. The van der Waals surface area contributed by atoms with E-state index in [4.69, 9.17) is 23.2 Å². The van der Waals surface area contributed by atoms with Gasteiger partial charge in [-0.25, -0.2) is 0 Å². The van der Waals surface area contributed by atoms with Crippen molar-refractivity contribution in [3.05, 3.63) is 0 Å². The van der Waals surface area contributed by atoms with Crippen molar-refractivity contribution >= 4 is 48.2 Å². The Labute approximate surface area is 93.7 Å². The van der Waals surface area contributed by atoms with Crippen LogP contribution in [0.3, 0.4) is 0 Å². The Bertz CT molecular complexity index is 198. The monoisotopic (exact) mass is 268 g/mol. The van der Waals surface area contributed by atoms with Crippen molar-refractivity contribution in [1.82, 2.24) is 0 Å². The van der Waals surface area contributed by atoms with E-state index in [9.17, 15) is 14.3 Å². The first-order valence-electron chi connectivity index (χ1n) is 3.53. The summed E-state index contributed by atoms with van der Waals surface area (Å²) in [6.07, 6.45) is 0.580. The van der Waals surface area contributed by atoms with Gasteiger partial charge in [0.2, 0.25) is 12.6 Å². The number of halogens is 3. The predicted octanol–water partition coefficient (Wildman–Crippen LogP) is 2.46. The first-order chi connectivity index (χ1) is 5.48. The molecule has 0 aliphatic heterocycles. The van der Waals surface area contributed by atoms with Gasteiger partial charge in [-0.3, -0.25) is 9.36 Å². The van der Waals surface area contributed by atoms with Gasteiger partial charge in [-0.2, -0.15) is 0 Å². The standard InChI is InChI=1S/C6H11Cl2O3P.ClH/c7-3-1-4-12(10,11)5-2-6(8)9;/h1-5H2,(H,10,11);1H. The van der Waals surface area contributed by atoms with Crippen molar-refractivity contribution in [1.29, 1.82) is 0 Å². The average molecular weight is 269 g/mol. The average Bonchev–Trinajstić information content (AvgIpc) is 1.98. The van der Waals surface area contributed by atoms with Gasteiger partial charge in [-0.15, -0.1) is 24.0 Å². The molecular weight excluding hydrogens is 257 g/mol.